The highest BCUT2D eigenvalue weighted by molar-refractivity contribution is 6.41. The lowest BCUT2D eigenvalue weighted by Crippen LogP contribution is -2.01. The van der Waals surface area contributed by atoms with Gasteiger partial charge < -0.3 is 5.11 Å². The van der Waals surface area contributed by atoms with Crippen LogP contribution in [-0.2, 0) is 0 Å². The number of fused-ring (bicyclic) bond motifs is 1. The molecule has 0 radical (unpaired) electrons. The Labute approximate surface area is 124 Å². The summed E-state index contributed by atoms with van der Waals surface area (Å²) in [6.07, 6.45) is 1.31. The monoisotopic (exact) mass is 296 g/mol. The molecule has 5 heteroatoms. The second-order valence-corrected chi connectivity index (χ2v) is 4.84. The summed E-state index contributed by atoms with van der Waals surface area (Å²) in [6, 6.07) is 9.30. The zero-order valence-corrected chi connectivity index (χ0v) is 11.2. The fourth-order valence-corrected chi connectivity index (χ4v) is 2.35. The maximum atomic E-state index is 13.2. The molecule has 0 aromatic heterocycles. The molecule has 0 heterocycles. The van der Waals surface area contributed by atoms with Crippen molar-refractivity contribution in [3.63, 3.8) is 0 Å². The molecular formula is C17H9FO4. The van der Waals surface area contributed by atoms with E-state index in [4.69, 9.17) is 5.11 Å². The summed E-state index contributed by atoms with van der Waals surface area (Å²) >= 11 is 0. The molecule has 0 aliphatic heterocycles. The van der Waals surface area contributed by atoms with E-state index >= 15 is 0 Å². The maximum Gasteiger partial charge on any atom is 0.335 e. The van der Waals surface area contributed by atoms with E-state index in [9.17, 15) is 18.8 Å². The number of Topliss-reactive ketones (excluding diaryl/α,β-unsaturated/α-hetero) is 2. The minimum absolute atomic E-state index is 0.0625. The number of rotatable bonds is 2. The molecule has 3 rings (SSSR count). The van der Waals surface area contributed by atoms with Crippen molar-refractivity contribution >= 4 is 23.6 Å². The highest BCUT2D eigenvalue weighted by Gasteiger charge is 2.33. The molecular weight excluding hydrogens is 287 g/mol. The lowest BCUT2D eigenvalue weighted by atomic mass is 10.1. The Bertz CT molecular complexity index is 865. The van der Waals surface area contributed by atoms with E-state index < -0.39 is 23.4 Å². The minimum Gasteiger partial charge on any atom is -0.478 e. The van der Waals surface area contributed by atoms with E-state index in [2.05, 4.69) is 0 Å². The van der Waals surface area contributed by atoms with E-state index in [0.717, 1.165) is 0 Å². The highest BCUT2D eigenvalue weighted by atomic mass is 19.1. The lowest BCUT2D eigenvalue weighted by Gasteiger charge is -1.97. The number of halogens is 1. The number of ketones is 2. The average molecular weight is 296 g/mol. The van der Waals surface area contributed by atoms with Crippen LogP contribution in [0.5, 0.6) is 0 Å². The Morgan fingerprint density at radius 3 is 2.41 bits per heavy atom. The standard InChI is InChI=1S/C17H9FO4/c18-11-3-1-2-9(6-11)7-14-15(19)12-5-4-10(17(21)22)8-13(12)16(14)20/h1-8H,(H,21,22)/b14-7-. The molecule has 0 amide bonds. The van der Waals surface area contributed by atoms with Crippen LogP contribution in [0.25, 0.3) is 6.08 Å². The second kappa shape index (κ2) is 5.04. The van der Waals surface area contributed by atoms with Crippen molar-refractivity contribution in [1.82, 2.24) is 0 Å². The van der Waals surface area contributed by atoms with Gasteiger partial charge in [0.15, 0.2) is 11.6 Å². The SMILES string of the molecule is O=C(O)c1ccc2c(c1)C(=O)/C(=C\c1cccc(F)c1)C2=O. The molecule has 0 fully saturated rings. The predicted octanol–water partition coefficient (Wildman–Crippen LogP) is 2.99. The molecule has 1 N–H and O–H groups in total. The second-order valence-electron chi connectivity index (χ2n) is 4.84. The van der Waals surface area contributed by atoms with Gasteiger partial charge in [-0.2, -0.15) is 0 Å². The van der Waals surface area contributed by atoms with Crippen molar-refractivity contribution in [2.24, 2.45) is 0 Å². The van der Waals surface area contributed by atoms with Gasteiger partial charge in [0.1, 0.15) is 5.82 Å². The number of carbonyl (C=O) groups excluding carboxylic acids is 2. The van der Waals surface area contributed by atoms with Crippen LogP contribution in [0.3, 0.4) is 0 Å². The van der Waals surface area contributed by atoms with Crippen molar-refractivity contribution < 1.29 is 23.9 Å². The molecule has 0 spiro atoms. The third-order valence-corrected chi connectivity index (χ3v) is 3.40. The number of carboxylic acids is 1. The molecule has 0 saturated carbocycles. The van der Waals surface area contributed by atoms with Crippen molar-refractivity contribution in [3.05, 3.63) is 76.1 Å². The van der Waals surface area contributed by atoms with Gasteiger partial charge in [0, 0.05) is 11.1 Å². The number of carbonyl (C=O) groups is 3. The molecule has 0 atom stereocenters. The Balaban J connectivity index is 2.08. The summed E-state index contributed by atoms with van der Waals surface area (Å²) in [7, 11) is 0. The molecule has 0 bridgehead atoms. The Morgan fingerprint density at radius 1 is 1.00 bits per heavy atom. The number of benzene rings is 2. The zero-order chi connectivity index (χ0) is 15.9. The van der Waals surface area contributed by atoms with Crippen molar-refractivity contribution in [2.75, 3.05) is 0 Å². The average Bonchev–Trinajstić information content (AvgIpc) is 2.72. The smallest absolute Gasteiger partial charge is 0.335 e. The first kappa shape index (κ1) is 13.9. The Kier molecular flexibility index (Phi) is 3.18. The Hall–Kier alpha value is -3.08. The van der Waals surface area contributed by atoms with E-state index in [-0.39, 0.29) is 22.3 Å². The van der Waals surface area contributed by atoms with Crippen molar-refractivity contribution in [3.8, 4) is 0 Å². The van der Waals surface area contributed by atoms with Crippen LogP contribution in [0, 0.1) is 5.82 Å². The molecule has 2 aromatic rings. The van der Waals surface area contributed by atoms with Crippen LogP contribution < -0.4 is 0 Å². The van der Waals surface area contributed by atoms with Gasteiger partial charge in [-0.05, 0) is 42.0 Å². The van der Waals surface area contributed by atoms with E-state index in [1.807, 2.05) is 0 Å². The first-order chi connectivity index (χ1) is 10.5. The van der Waals surface area contributed by atoms with Gasteiger partial charge in [-0.1, -0.05) is 12.1 Å². The van der Waals surface area contributed by atoms with E-state index in [1.54, 1.807) is 6.07 Å². The summed E-state index contributed by atoms with van der Waals surface area (Å²) in [4.78, 5) is 35.5. The quantitative estimate of drug-likeness (QED) is 0.683. The van der Waals surface area contributed by atoms with Gasteiger partial charge in [-0.15, -0.1) is 0 Å². The van der Waals surface area contributed by atoms with Gasteiger partial charge in [0.25, 0.3) is 0 Å². The Morgan fingerprint density at radius 2 is 1.73 bits per heavy atom. The van der Waals surface area contributed by atoms with Crippen LogP contribution in [0.1, 0.15) is 36.6 Å². The van der Waals surface area contributed by atoms with E-state index in [0.29, 0.717) is 5.56 Å². The third kappa shape index (κ3) is 2.22. The fourth-order valence-electron chi connectivity index (χ4n) is 2.35. The van der Waals surface area contributed by atoms with E-state index in [1.165, 1.54) is 42.5 Å². The first-order valence-electron chi connectivity index (χ1n) is 6.41. The normalized spacial score (nSPS) is 15.2. The molecule has 0 saturated heterocycles. The molecule has 0 unspecified atom stereocenters. The summed E-state index contributed by atoms with van der Waals surface area (Å²) in [5.74, 6) is -2.68. The van der Waals surface area contributed by atoms with Crippen LogP contribution in [0.15, 0.2) is 48.0 Å². The molecule has 4 nitrogen and oxygen atoms in total. The van der Waals surface area contributed by atoms with Crippen LogP contribution >= 0.6 is 0 Å². The summed E-state index contributed by atoms with van der Waals surface area (Å²) in [6.45, 7) is 0. The third-order valence-electron chi connectivity index (χ3n) is 3.40. The van der Waals surface area contributed by atoms with Crippen molar-refractivity contribution in [1.29, 1.82) is 0 Å². The molecule has 2 aromatic carbocycles. The molecule has 1 aliphatic carbocycles. The lowest BCUT2D eigenvalue weighted by molar-refractivity contribution is 0.0696. The van der Waals surface area contributed by atoms with Crippen molar-refractivity contribution in [2.45, 2.75) is 0 Å². The predicted molar refractivity (Wildman–Crippen MR) is 76.4 cm³/mol. The first-order valence-corrected chi connectivity index (χ1v) is 6.41. The van der Waals surface area contributed by atoms with Gasteiger partial charge >= 0.3 is 5.97 Å². The summed E-state index contributed by atoms with van der Waals surface area (Å²) in [5, 5.41) is 8.95. The summed E-state index contributed by atoms with van der Waals surface area (Å²) in [5.41, 5.74) is 0.461. The number of aromatic carboxylic acids is 1. The molecule has 108 valence electrons. The number of carboxylic acid groups (broad SMARTS) is 1. The number of hydrogen-bond donors (Lipinski definition) is 1. The number of allylic oxidation sites excluding steroid dienone is 1. The molecule has 22 heavy (non-hydrogen) atoms. The summed E-state index contributed by atoms with van der Waals surface area (Å²) < 4.78 is 13.2. The fraction of sp³-hybridized carbons (Fsp3) is 0. The zero-order valence-electron chi connectivity index (χ0n) is 11.2. The molecule has 1 aliphatic rings. The maximum absolute atomic E-state index is 13.2. The largest absolute Gasteiger partial charge is 0.478 e. The minimum atomic E-state index is -1.18. The van der Waals surface area contributed by atoms with Gasteiger partial charge in [0.2, 0.25) is 0 Å². The van der Waals surface area contributed by atoms with Gasteiger partial charge in [-0.3, -0.25) is 9.59 Å². The van der Waals surface area contributed by atoms with Crippen LogP contribution in [0.4, 0.5) is 4.39 Å². The topological polar surface area (TPSA) is 71.4 Å². The van der Waals surface area contributed by atoms with Crippen LogP contribution in [0.2, 0.25) is 0 Å². The van der Waals surface area contributed by atoms with Gasteiger partial charge in [-0.25, -0.2) is 9.18 Å². The van der Waals surface area contributed by atoms with Crippen LogP contribution in [-0.4, -0.2) is 22.6 Å². The highest BCUT2D eigenvalue weighted by Crippen LogP contribution is 2.28. The van der Waals surface area contributed by atoms with Gasteiger partial charge in [0.05, 0.1) is 11.1 Å². The number of hydrogen-bond acceptors (Lipinski definition) is 3.